The zero-order valence-corrected chi connectivity index (χ0v) is 22.3. The minimum Gasteiger partial charge on any atom is -0.394 e. The third-order valence-electron chi connectivity index (χ3n) is 8.05. The largest absolute Gasteiger partial charge is 0.394 e. The molecule has 9 heteroatoms. The maximum Gasteiger partial charge on any atom is 0.264 e. The number of benzene rings is 2. The summed E-state index contributed by atoms with van der Waals surface area (Å²) in [6.07, 6.45) is 5.98. The summed E-state index contributed by atoms with van der Waals surface area (Å²) in [7, 11) is 1.61. The van der Waals surface area contributed by atoms with Crippen LogP contribution in [0.3, 0.4) is 0 Å². The summed E-state index contributed by atoms with van der Waals surface area (Å²) in [5.41, 5.74) is 1.29. The van der Waals surface area contributed by atoms with Crippen LogP contribution in [0.2, 0.25) is 0 Å². The molecule has 3 amide bonds. The predicted molar refractivity (Wildman–Crippen MR) is 148 cm³/mol. The Balaban J connectivity index is 1.41. The van der Waals surface area contributed by atoms with E-state index in [1.165, 1.54) is 9.91 Å². The summed E-state index contributed by atoms with van der Waals surface area (Å²) in [4.78, 5) is 42.0. The molecule has 3 aliphatic rings. The van der Waals surface area contributed by atoms with Crippen LogP contribution in [0.15, 0.2) is 65.8 Å². The standard InChI is InChI=1S/C30H34N4O5/c1-20(8-6-12-27(36)33-17-7-11-23(33)19-35)30(39)24-18-22(13-15-26(24)32(2)29(30)38)34-28(37)16-14-25(31-34)21-9-4-3-5-10-21/h3-6,8-10,13,15,18,20,23,35,39H,7,11-12,14,16-17,19H2,1-2H3/b8-6+/t20-,23-,30+/m0/s1. The van der Waals surface area contributed by atoms with Crippen molar-refractivity contribution >= 4 is 34.8 Å². The van der Waals surface area contributed by atoms with Crippen molar-refractivity contribution in [1.29, 1.82) is 0 Å². The fraction of sp³-hybridized carbons (Fsp3) is 0.400. The normalized spacial score (nSPS) is 23.9. The molecule has 0 spiro atoms. The average molecular weight is 531 g/mol. The van der Waals surface area contributed by atoms with Gasteiger partial charge in [0, 0.05) is 44.3 Å². The average Bonchev–Trinajstić information content (AvgIpc) is 3.52. The predicted octanol–water partition coefficient (Wildman–Crippen LogP) is 2.95. The molecule has 2 aromatic rings. The van der Waals surface area contributed by atoms with Crippen LogP contribution in [0.1, 0.15) is 50.2 Å². The molecule has 2 aromatic carbocycles. The molecule has 0 saturated carbocycles. The maximum atomic E-state index is 13.3. The van der Waals surface area contributed by atoms with E-state index in [0.29, 0.717) is 36.3 Å². The van der Waals surface area contributed by atoms with E-state index in [1.54, 1.807) is 49.2 Å². The SMILES string of the molecule is C[C@@H](/C=C/CC(=O)N1CCC[C@H]1CO)[C@]1(O)C(=O)N(C)c2ccc(N3N=C(c4ccccc4)CCC3=O)cc21. The molecule has 3 aliphatic heterocycles. The summed E-state index contributed by atoms with van der Waals surface area (Å²) >= 11 is 0. The van der Waals surface area contributed by atoms with Gasteiger partial charge in [-0.1, -0.05) is 49.4 Å². The van der Waals surface area contributed by atoms with Gasteiger partial charge in [0.2, 0.25) is 11.8 Å². The molecular formula is C30H34N4O5. The van der Waals surface area contributed by atoms with E-state index in [-0.39, 0.29) is 30.9 Å². The van der Waals surface area contributed by atoms with E-state index in [2.05, 4.69) is 5.10 Å². The lowest BCUT2D eigenvalue weighted by molar-refractivity contribution is -0.139. The van der Waals surface area contributed by atoms with Crippen molar-refractivity contribution in [2.45, 2.75) is 50.7 Å². The lowest BCUT2D eigenvalue weighted by Gasteiger charge is -2.28. The summed E-state index contributed by atoms with van der Waals surface area (Å²) in [5, 5.41) is 27.3. The third kappa shape index (κ3) is 4.77. The minimum absolute atomic E-state index is 0.0536. The highest BCUT2D eigenvalue weighted by Crippen LogP contribution is 2.46. The molecule has 1 fully saturated rings. The van der Waals surface area contributed by atoms with Crippen LogP contribution in [-0.2, 0) is 20.0 Å². The van der Waals surface area contributed by atoms with E-state index in [1.807, 2.05) is 30.3 Å². The molecule has 3 atom stereocenters. The Morgan fingerprint density at radius 2 is 1.95 bits per heavy atom. The molecular weight excluding hydrogens is 496 g/mol. The van der Waals surface area contributed by atoms with Crippen molar-refractivity contribution in [1.82, 2.24) is 4.90 Å². The number of fused-ring (bicyclic) bond motifs is 1. The number of hydrogen-bond acceptors (Lipinski definition) is 6. The van der Waals surface area contributed by atoms with Crippen LogP contribution in [0.4, 0.5) is 11.4 Å². The summed E-state index contributed by atoms with van der Waals surface area (Å²) < 4.78 is 0. The van der Waals surface area contributed by atoms with Crippen LogP contribution in [0, 0.1) is 5.92 Å². The fourth-order valence-electron chi connectivity index (χ4n) is 5.75. The lowest BCUT2D eigenvalue weighted by Crippen LogP contribution is -2.43. The quantitative estimate of drug-likeness (QED) is 0.535. The van der Waals surface area contributed by atoms with E-state index >= 15 is 0 Å². The Hall–Kier alpha value is -3.82. The van der Waals surface area contributed by atoms with Crippen molar-refractivity contribution in [3.63, 3.8) is 0 Å². The number of hydrazone groups is 1. The van der Waals surface area contributed by atoms with Gasteiger partial charge in [0.1, 0.15) is 0 Å². The van der Waals surface area contributed by atoms with Crippen molar-refractivity contribution in [2.24, 2.45) is 11.0 Å². The zero-order chi connectivity index (χ0) is 27.7. The molecule has 3 heterocycles. The number of likely N-dealkylation sites (N-methyl/N-ethyl adjacent to an activating group) is 1. The monoisotopic (exact) mass is 530 g/mol. The van der Waals surface area contributed by atoms with Crippen LogP contribution < -0.4 is 9.91 Å². The highest BCUT2D eigenvalue weighted by molar-refractivity contribution is 6.10. The number of nitrogens with zero attached hydrogens (tertiary/aromatic N) is 4. The molecule has 1 saturated heterocycles. The number of anilines is 2. The molecule has 39 heavy (non-hydrogen) atoms. The number of likely N-dealkylation sites (tertiary alicyclic amines) is 1. The summed E-state index contributed by atoms with van der Waals surface area (Å²) in [5.74, 6) is -1.37. The Kier molecular flexibility index (Phi) is 7.38. The van der Waals surface area contributed by atoms with Gasteiger partial charge in [-0.25, -0.2) is 5.01 Å². The van der Waals surface area contributed by atoms with Crippen LogP contribution in [-0.4, -0.2) is 64.8 Å². The zero-order valence-electron chi connectivity index (χ0n) is 22.3. The van der Waals surface area contributed by atoms with Crippen molar-refractivity contribution < 1.29 is 24.6 Å². The van der Waals surface area contributed by atoms with Gasteiger partial charge in [-0.3, -0.25) is 14.4 Å². The van der Waals surface area contributed by atoms with Crippen LogP contribution >= 0.6 is 0 Å². The molecule has 0 bridgehead atoms. The Morgan fingerprint density at radius 3 is 2.69 bits per heavy atom. The van der Waals surface area contributed by atoms with Gasteiger partial charge in [-0.2, -0.15) is 5.10 Å². The van der Waals surface area contributed by atoms with Crippen LogP contribution in [0.25, 0.3) is 0 Å². The molecule has 9 nitrogen and oxygen atoms in total. The number of rotatable bonds is 7. The smallest absolute Gasteiger partial charge is 0.264 e. The topological polar surface area (TPSA) is 114 Å². The highest BCUT2D eigenvalue weighted by atomic mass is 16.3. The second kappa shape index (κ2) is 10.7. The van der Waals surface area contributed by atoms with E-state index in [9.17, 15) is 24.6 Å². The Morgan fingerprint density at radius 1 is 1.18 bits per heavy atom. The number of aliphatic hydroxyl groups excluding tert-OH is 1. The van der Waals surface area contributed by atoms with Crippen molar-refractivity contribution in [3.05, 3.63) is 71.8 Å². The van der Waals surface area contributed by atoms with E-state index in [4.69, 9.17) is 0 Å². The molecule has 0 unspecified atom stereocenters. The number of amides is 3. The first-order valence-corrected chi connectivity index (χ1v) is 13.4. The van der Waals surface area contributed by atoms with Gasteiger partial charge in [0.25, 0.3) is 5.91 Å². The highest BCUT2D eigenvalue weighted by Gasteiger charge is 2.51. The first-order chi connectivity index (χ1) is 18.8. The second-order valence-electron chi connectivity index (χ2n) is 10.4. The number of carbonyl (C=O) groups excluding carboxylic acids is 3. The summed E-state index contributed by atoms with van der Waals surface area (Å²) in [6.45, 7) is 2.31. The minimum atomic E-state index is -1.87. The number of aliphatic hydroxyl groups is 2. The van der Waals surface area contributed by atoms with E-state index < -0.39 is 17.4 Å². The molecule has 0 aromatic heterocycles. The first-order valence-electron chi connectivity index (χ1n) is 13.4. The van der Waals surface area contributed by atoms with Gasteiger partial charge >= 0.3 is 0 Å². The Bertz CT molecular complexity index is 1340. The summed E-state index contributed by atoms with van der Waals surface area (Å²) in [6, 6.07) is 14.7. The Labute approximate surface area is 228 Å². The van der Waals surface area contributed by atoms with Crippen LogP contribution in [0.5, 0.6) is 0 Å². The van der Waals surface area contributed by atoms with Gasteiger partial charge in [-0.05, 0) is 36.6 Å². The first kappa shape index (κ1) is 26.8. The van der Waals surface area contributed by atoms with E-state index in [0.717, 1.165) is 24.1 Å². The van der Waals surface area contributed by atoms with Gasteiger partial charge in [0.05, 0.1) is 29.7 Å². The maximum absolute atomic E-state index is 13.3. The molecule has 0 radical (unpaired) electrons. The van der Waals surface area contributed by atoms with Crippen molar-refractivity contribution in [3.8, 4) is 0 Å². The third-order valence-corrected chi connectivity index (χ3v) is 8.05. The van der Waals surface area contributed by atoms with Crippen molar-refractivity contribution in [2.75, 3.05) is 30.1 Å². The van der Waals surface area contributed by atoms with Gasteiger partial charge in [-0.15, -0.1) is 0 Å². The molecule has 2 N–H and O–H groups in total. The number of carbonyl (C=O) groups is 3. The second-order valence-corrected chi connectivity index (χ2v) is 10.4. The molecule has 204 valence electrons. The lowest BCUT2D eigenvalue weighted by atomic mass is 9.82. The fourth-order valence-corrected chi connectivity index (χ4v) is 5.75. The van der Waals surface area contributed by atoms with Gasteiger partial charge in [0.15, 0.2) is 5.60 Å². The number of hydrogen-bond donors (Lipinski definition) is 2. The van der Waals surface area contributed by atoms with Gasteiger partial charge < -0.3 is 20.0 Å². The molecule has 5 rings (SSSR count). The molecule has 0 aliphatic carbocycles.